The molecule has 0 radical (unpaired) electrons. The minimum Gasteiger partial charge on any atom is -0.295 e. The maximum absolute atomic E-state index is 2.74. The molecule has 2 saturated heterocycles. The van der Waals surface area contributed by atoms with Crippen molar-refractivity contribution in [3.8, 4) is 0 Å². The van der Waals surface area contributed by atoms with Crippen molar-refractivity contribution in [2.75, 3.05) is 13.1 Å². The van der Waals surface area contributed by atoms with Crippen LogP contribution in [0.5, 0.6) is 0 Å². The third-order valence-electron chi connectivity index (χ3n) is 7.01. The molecule has 2 heterocycles. The fourth-order valence-corrected chi connectivity index (χ4v) is 5.74. The van der Waals surface area contributed by atoms with Crippen LogP contribution in [0.3, 0.4) is 0 Å². The van der Waals surface area contributed by atoms with Gasteiger partial charge in [-0.05, 0) is 90.0 Å². The van der Waals surface area contributed by atoms with Crippen LogP contribution in [0.4, 0.5) is 0 Å². The summed E-state index contributed by atoms with van der Waals surface area (Å²) in [6.45, 7) is 31.0. The van der Waals surface area contributed by atoms with Crippen LogP contribution in [0.25, 0.3) is 0 Å². The minimum atomic E-state index is 0. The van der Waals surface area contributed by atoms with Crippen molar-refractivity contribution in [1.82, 2.24) is 9.80 Å². The number of piperidine rings is 1. The molecule has 0 N–H and O–H groups in total. The van der Waals surface area contributed by atoms with Gasteiger partial charge in [-0.15, -0.1) is 0 Å². The Morgan fingerprint density at radius 2 is 1.18 bits per heavy atom. The van der Waals surface area contributed by atoms with E-state index in [9.17, 15) is 0 Å². The van der Waals surface area contributed by atoms with Crippen LogP contribution in [-0.4, -0.2) is 46.1 Å². The van der Waals surface area contributed by atoms with Gasteiger partial charge in [0.05, 0.1) is 0 Å². The molecule has 3 rings (SSSR count). The van der Waals surface area contributed by atoms with Crippen LogP contribution in [0.2, 0.25) is 0 Å². The summed E-state index contributed by atoms with van der Waals surface area (Å²) < 4.78 is 0. The summed E-state index contributed by atoms with van der Waals surface area (Å²) in [4.78, 5) is 5.42. The maximum atomic E-state index is 2.74. The van der Waals surface area contributed by atoms with Gasteiger partial charge in [0, 0.05) is 29.7 Å². The van der Waals surface area contributed by atoms with Crippen LogP contribution in [0, 0.1) is 22.7 Å². The van der Waals surface area contributed by atoms with Gasteiger partial charge in [0.15, 0.2) is 0 Å². The summed E-state index contributed by atoms with van der Waals surface area (Å²) in [5.41, 5.74) is 1.58. The lowest BCUT2D eigenvalue weighted by Gasteiger charge is -2.45. The Kier molecular flexibility index (Phi) is 7.62. The molecular weight excluding hydrogens is 340 g/mol. The zero-order valence-corrected chi connectivity index (χ0v) is 20.7. The Hall–Kier alpha value is -0.0800. The summed E-state index contributed by atoms with van der Waals surface area (Å²) >= 11 is 0. The molecule has 0 bridgehead atoms. The molecule has 3 aliphatic rings. The van der Waals surface area contributed by atoms with Crippen molar-refractivity contribution in [2.45, 2.75) is 133 Å². The summed E-state index contributed by atoms with van der Waals surface area (Å²) in [6.07, 6.45) is 4.24. The van der Waals surface area contributed by atoms with E-state index in [2.05, 4.69) is 92.9 Å². The van der Waals surface area contributed by atoms with Crippen LogP contribution in [-0.2, 0) is 0 Å². The zero-order chi connectivity index (χ0) is 21.0. The lowest BCUT2D eigenvalue weighted by Crippen LogP contribution is -2.51. The molecular formula is C26H54N2. The molecule has 2 aliphatic heterocycles. The lowest BCUT2D eigenvalue weighted by molar-refractivity contribution is 0.0375. The third-order valence-corrected chi connectivity index (χ3v) is 7.01. The predicted octanol–water partition coefficient (Wildman–Crippen LogP) is 7.08. The van der Waals surface area contributed by atoms with Gasteiger partial charge in [-0.3, -0.25) is 9.80 Å². The molecule has 2 heteroatoms. The van der Waals surface area contributed by atoms with Gasteiger partial charge in [-0.1, -0.05) is 49.0 Å². The molecule has 1 saturated carbocycles. The topological polar surface area (TPSA) is 6.48 Å². The summed E-state index contributed by atoms with van der Waals surface area (Å²) in [5, 5.41) is 0. The van der Waals surface area contributed by atoms with E-state index in [1.807, 2.05) is 0 Å². The van der Waals surface area contributed by atoms with E-state index in [0.717, 1.165) is 23.9 Å². The van der Waals surface area contributed by atoms with E-state index in [1.165, 1.54) is 32.4 Å². The molecule has 4 unspecified atom stereocenters. The maximum Gasteiger partial charge on any atom is 0.0180 e. The summed E-state index contributed by atoms with van der Waals surface area (Å²) in [7, 11) is 0. The Morgan fingerprint density at radius 3 is 1.50 bits per heavy atom. The van der Waals surface area contributed by atoms with Crippen LogP contribution in [0.15, 0.2) is 0 Å². The molecule has 3 fully saturated rings. The Balaban J connectivity index is 0.000000271. The summed E-state index contributed by atoms with van der Waals surface area (Å²) in [5.74, 6) is 2.03. The van der Waals surface area contributed by atoms with Crippen molar-refractivity contribution < 1.29 is 0 Å². The molecule has 0 aromatic carbocycles. The number of fused-ring (bicyclic) bond motifs is 1. The predicted molar refractivity (Wildman–Crippen MR) is 127 cm³/mol. The first-order valence-electron chi connectivity index (χ1n) is 11.5. The van der Waals surface area contributed by atoms with E-state index >= 15 is 0 Å². The van der Waals surface area contributed by atoms with Gasteiger partial charge in [-0.2, -0.15) is 0 Å². The van der Waals surface area contributed by atoms with Crippen molar-refractivity contribution in [3.05, 3.63) is 0 Å². The average Bonchev–Trinajstić information content (AvgIpc) is 2.88. The zero-order valence-electron chi connectivity index (χ0n) is 20.7. The second-order valence-corrected chi connectivity index (χ2v) is 13.7. The molecule has 168 valence electrons. The van der Waals surface area contributed by atoms with Gasteiger partial charge >= 0.3 is 0 Å². The smallest absolute Gasteiger partial charge is 0.0180 e. The Labute approximate surface area is 178 Å². The highest BCUT2D eigenvalue weighted by atomic mass is 15.3. The van der Waals surface area contributed by atoms with Crippen molar-refractivity contribution in [1.29, 1.82) is 0 Å². The van der Waals surface area contributed by atoms with Gasteiger partial charge in [0.1, 0.15) is 0 Å². The second kappa shape index (κ2) is 8.22. The highest BCUT2D eigenvalue weighted by Gasteiger charge is 2.57. The monoisotopic (exact) mass is 394 g/mol. The standard InChI is InChI=1S/C13H25N.C12H25N.CH4/c1-12(2,3)11-10-7-9(10)8-14(11)13(4,5)6;1-11(2,3)10-8-7-9-13(10)12(4,5)6;/h9-11H,7-8H2,1-6H3;10H,7-9H2,1-6H3;1H4. The largest absolute Gasteiger partial charge is 0.295 e. The highest BCUT2D eigenvalue weighted by Crippen LogP contribution is 2.56. The van der Waals surface area contributed by atoms with Crippen molar-refractivity contribution in [2.24, 2.45) is 22.7 Å². The van der Waals surface area contributed by atoms with E-state index in [-0.39, 0.29) is 7.43 Å². The molecule has 28 heavy (non-hydrogen) atoms. The lowest BCUT2D eigenvalue weighted by atomic mass is 9.82. The van der Waals surface area contributed by atoms with Crippen molar-refractivity contribution in [3.63, 3.8) is 0 Å². The highest BCUT2D eigenvalue weighted by molar-refractivity contribution is 5.10. The quantitative estimate of drug-likeness (QED) is 0.433. The van der Waals surface area contributed by atoms with Crippen LogP contribution in [0.1, 0.15) is 110 Å². The summed E-state index contributed by atoms with van der Waals surface area (Å²) in [6, 6.07) is 1.58. The van der Waals surface area contributed by atoms with Crippen molar-refractivity contribution >= 4 is 0 Å². The number of rotatable bonds is 0. The van der Waals surface area contributed by atoms with E-state index in [4.69, 9.17) is 0 Å². The number of nitrogens with zero attached hydrogens (tertiary/aromatic N) is 2. The molecule has 2 nitrogen and oxygen atoms in total. The average molecular weight is 395 g/mol. The molecule has 0 spiro atoms. The normalized spacial score (nSPS) is 31.7. The minimum absolute atomic E-state index is 0. The van der Waals surface area contributed by atoms with E-state index in [0.29, 0.717) is 21.9 Å². The Bertz CT molecular complexity index is 474. The van der Waals surface area contributed by atoms with Crippen LogP contribution >= 0.6 is 0 Å². The van der Waals surface area contributed by atoms with Gasteiger partial charge < -0.3 is 0 Å². The first-order chi connectivity index (χ1) is 11.9. The van der Waals surface area contributed by atoms with Gasteiger partial charge in [0.2, 0.25) is 0 Å². The first-order valence-corrected chi connectivity index (χ1v) is 11.5. The van der Waals surface area contributed by atoms with Gasteiger partial charge in [0.25, 0.3) is 0 Å². The number of hydrogen-bond donors (Lipinski definition) is 0. The van der Waals surface area contributed by atoms with E-state index < -0.39 is 0 Å². The number of likely N-dealkylation sites (tertiary alicyclic amines) is 2. The Morgan fingerprint density at radius 1 is 0.679 bits per heavy atom. The first kappa shape index (κ1) is 26.0. The molecule has 1 aliphatic carbocycles. The molecule has 0 aromatic heterocycles. The fourth-order valence-electron chi connectivity index (χ4n) is 5.74. The molecule has 0 amide bonds. The SMILES string of the molecule is C.CC(C)(C)C1C2CC2CN1C(C)(C)C.CC(C)(C)C1CCCN1C(C)(C)C. The fraction of sp³-hybridized carbons (Fsp3) is 1.00. The number of hydrogen-bond acceptors (Lipinski definition) is 2. The molecule has 4 atom stereocenters. The second-order valence-electron chi connectivity index (χ2n) is 13.7. The van der Waals surface area contributed by atoms with Crippen LogP contribution < -0.4 is 0 Å². The van der Waals surface area contributed by atoms with E-state index in [1.54, 1.807) is 0 Å². The van der Waals surface area contributed by atoms with Gasteiger partial charge in [-0.25, -0.2) is 0 Å². The third kappa shape index (κ3) is 5.97. The molecule has 0 aromatic rings.